The Hall–Kier alpha value is -2.29. The molecule has 0 radical (unpaired) electrons. The van der Waals surface area contributed by atoms with Crippen molar-refractivity contribution in [1.29, 1.82) is 0 Å². The third kappa shape index (κ3) is 5.50. The summed E-state index contributed by atoms with van der Waals surface area (Å²) in [6, 6.07) is 9.31. The third-order valence-electron chi connectivity index (χ3n) is 5.26. The molecule has 0 spiro atoms. The lowest BCUT2D eigenvalue weighted by atomic mass is 9.72. The molecule has 0 aromatic heterocycles. The molecule has 2 aromatic rings. The number of amides is 2. The van der Waals surface area contributed by atoms with Crippen LogP contribution in [0.3, 0.4) is 0 Å². The highest BCUT2D eigenvalue weighted by molar-refractivity contribution is 7.90. The van der Waals surface area contributed by atoms with E-state index in [4.69, 9.17) is 27.9 Å². The van der Waals surface area contributed by atoms with Gasteiger partial charge in [-0.2, -0.15) is 0 Å². The highest BCUT2D eigenvalue weighted by Crippen LogP contribution is 2.37. The van der Waals surface area contributed by atoms with Gasteiger partial charge >= 0.3 is 11.8 Å². The van der Waals surface area contributed by atoms with Crippen LogP contribution in [0.4, 0.5) is 5.69 Å². The molecule has 2 aromatic carbocycles. The fraction of sp³-hybridized carbons (Fsp3) is 0.333. The second-order valence-corrected chi connectivity index (χ2v) is 10.4. The van der Waals surface area contributed by atoms with E-state index < -0.39 is 27.2 Å². The normalized spacial score (nSPS) is 15.0. The predicted octanol–water partition coefficient (Wildman–Crippen LogP) is 3.63. The van der Waals surface area contributed by atoms with Crippen molar-refractivity contribution < 1.29 is 22.7 Å². The number of methoxy groups -OCH3 is 1. The Morgan fingerprint density at radius 1 is 1.10 bits per heavy atom. The van der Waals surface area contributed by atoms with Gasteiger partial charge in [-0.3, -0.25) is 9.59 Å². The van der Waals surface area contributed by atoms with Crippen LogP contribution < -0.4 is 15.4 Å². The number of sulfone groups is 1. The zero-order chi connectivity index (χ0) is 22.8. The first-order valence-electron chi connectivity index (χ1n) is 9.48. The van der Waals surface area contributed by atoms with Gasteiger partial charge in [-0.15, -0.1) is 0 Å². The number of nitrogens with one attached hydrogen (secondary N) is 2. The number of carbonyl (C=O) groups is 2. The van der Waals surface area contributed by atoms with Crippen molar-refractivity contribution >= 4 is 50.5 Å². The SMILES string of the molecule is COc1ccc(NC(=O)C(=O)NC2(Cc3ccc(Cl)cc3Cl)CCC2)cc1S(C)(=O)=O. The molecule has 0 unspecified atom stereocenters. The van der Waals surface area contributed by atoms with Crippen molar-refractivity contribution in [2.24, 2.45) is 0 Å². The fourth-order valence-electron chi connectivity index (χ4n) is 3.51. The van der Waals surface area contributed by atoms with Gasteiger partial charge in [0.1, 0.15) is 10.6 Å². The van der Waals surface area contributed by atoms with Crippen molar-refractivity contribution in [1.82, 2.24) is 5.32 Å². The van der Waals surface area contributed by atoms with E-state index in [-0.39, 0.29) is 16.3 Å². The molecule has 31 heavy (non-hydrogen) atoms. The molecule has 166 valence electrons. The Balaban J connectivity index is 1.72. The van der Waals surface area contributed by atoms with E-state index in [0.29, 0.717) is 29.3 Å². The van der Waals surface area contributed by atoms with Crippen molar-refractivity contribution in [3.05, 3.63) is 52.0 Å². The Morgan fingerprint density at radius 2 is 1.81 bits per heavy atom. The molecule has 1 saturated carbocycles. The molecule has 0 aliphatic heterocycles. The third-order valence-corrected chi connectivity index (χ3v) is 6.97. The molecule has 1 aliphatic carbocycles. The first-order chi connectivity index (χ1) is 14.5. The molecule has 2 N–H and O–H groups in total. The maximum absolute atomic E-state index is 12.6. The molecule has 0 heterocycles. The predicted molar refractivity (Wildman–Crippen MR) is 120 cm³/mol. The van der Waals surface area contributed by atoms with Crippen LogP contribution in [0.5, 0.6) is 5.75 Å². The lowest BCUT2D eigenvalue weighted by Crippen LogP contribution is -2.57. The number of anilines is 1. The largest absolute Gasteiger partial charge is 0.495 e. The van der Waals surface area contributed by atoms with E-state index in [0.717, 1.165) is 18.2 Å². The average Bonchev–Trinajstić information content (AvgIpc) is 2.67. The number of rotatable bonds is 6. The monoisotopic (exact) mass is 484 g/mol. The summed E-state index contributed by atoms with van der Waals surface area (Å²) in [7, 11) is -2.24. The molecule has 1 aliphatic rings. The molecular formula is C21H22Cl2N2O5S. The Morgan fingerprint density at radius 3 is 2.35 bits per heavy atom. The minimum absolute atomic E-state index is 0.0824. The standard InChI is InChI=1S/C21H22Cl2N2O5S/c1-30-17-7-6-15(11-18(17)31(2,28)29)24-19(26)20(27)25-21(8-3-9-21)12-13-4-5-14(22)10-16(13)23/h4-7,10-11H,3,8-9,12H2,1-2H3,(H,24,26)(H,25,27). The smallest absolute Gasteiger partial charge is 0.313 e. The molecule has 0 atom stereocenters. The highest BCUT2D eigenvalue weighted by atomic mass is 35.5. The van der Waals surface area contributed by atoms with E-state index in [9.17, 15) is 18.0 Å². The maximum Gasteiger partial charge on any atom is 0.313 e. The van der Waals surface area contributed by atoms with E-state index in [2.05, 4.69) is 10.6 Å². The number of benzene rings is 2. The molecule has 1 fully saturated rings. The van der Waals surface area contributed by atoms with Crippen LogP contribution >= 0.6 is 23.2 Å². The van der Waals surface area contributed by atoms with Crippen LogP contribution in [0.15, 0.2) is 41.3 Å². The fourth-order valence-corrected chi connectivity index (χ4v) is 4.84. The van der Waals surface area contributed by atoms with Crippen LogP contribution in [0.2, 0.25) is 10.0 Å². The summed E-state index contributed by atoms with van der Waals surface area (Å²) in [6.07, 6.45) is 3.86. The summed E-state index contributed by atoms with van der Waals surface area (Å²) in [4.78, 5) is 24.9. The number of hydrogen-bond donors (Lipinski definition) is 2. The van der Waals surface area contributed by atoms with Gasteiger partial charge in [0.15, 0.2) is 9.84 Å². The van der Waals surface area contributed by atoms with Crippen LogP contribution in [-0.2, 0) is 25.8 Å². The van der Waals surface area contributed by atoms with E-state index >= 15 is 0 Å². The minimum Gasteiger partial charge on any atom is -0.495 e. The van der Waals surface area contributed by atoms with E-state index in [1.807, 2.05) is 0 Å². The van der Waals surface area contributed by atoms with Gasteiger partial charge in [0.25, 0.3) is 0 Å². The molecule has 3 rings (SSSR count). The molecular weight excluding hydrogens is 463 g/mol. The van der Waals surface area contributed by atoms with Gasteiger partial charge in [0.05, 0.1) is 7.11 Å². The summed E-state index contributed by atoms with van der Waals surface area (Å²) in [5.74, 6) is -1.54. The van der Waals surface area contributed by atoms with Crippen molar-refractivity contribution in [2.75, 3.05) is 18.7 Å². The molecule has 10 heteroatoms. The van der Waals surface area contributed by atoms with Crippen molar-refractivity contribution in [3.63, 3.8) is 0 Å². The van der Waals surface area contributed by atoms with Gasteiger partial charge in [0.2, 0.25) is 0 Å². The summed E-state index contributed by atoms with van der Waals surface area (Å²) in [6.45, 7) is 0. The molecule has 0 bridgehead atoms. The number of ether oxygens (including phenoxy) is 1. The summed E-state index contributed by atoms with van der Waals surface area (Å²) < 4.78 is 28.9. The first-order valence-corrected chi connectivity index (χ1v) is 12.1. The Labute approximate surface area is 191 Å². The summed E-state index contributed by atoms with van der Waals surface area (Å²) in [5.41, 5.74) is 0.438. The van der Waals surface area contributed by atoms with Crippen LogP contribution in [0.25, 0.3) is 0 Å². The topological polar surface area (TPSA) is 102 Å². The number of halogens is 2. The van der Waals surface area contributed by atoms with Gasteiger partial charge in [-0.05, 0) is 61.6 Å². The Bertz CT molecular complexity index is 1130. The first kappa shape index (κ1) is 23.4. The molecule has 0 saturated heterocycles. The quantitative estimate of drug-likeness (QED) is 0.609. The Kier molecular flexibility index (Phi) is 6.83. The molecule has 2 amide bonds. The van der Waals surface area contributed by atoms with Gasteiger partial charge in [0, 0.05) is 27.5 Å². The zero-order valence-corrected chi connectivity index (χ0v) is 19.3. The number of carbonyl (C=O) groups excluding carboxylic acids is 2. The van der Waals surface area contributed by atoms with Gasteiger partial charge < -0.3 is 15.4 Å². The van der Waals surface area contributed by atoms with Crippen LogP contribution in [0, 0.1) is 0 Å². The lowest BCUT2D eigenvalue weighted by Gasteiger charge is -2.42. The summed E-state index contributed by atoms with van der Waals surface area (Å²) in [5, 5.41) is 6.29. The molecule has 7 nitrogen and oxygen atoms in total. The van der Waals surface area contributed by atoms with E-state index in [1.165, 1.54) is 25.3 Å². The minimum atomic E-state index is -3.59. The highest BCUT2D eigenvalue weighted by Gasteiger charge is 2.40. The summed E-state index contributed by atoms with van der Waals surface area (Å²) >= 11 is 12.2. The zero-order valence-electron chi connectivity index (χ0n) is 17.0. The lowest BCUT2D eigenvalue weighted by molar-refractivity contribution is -0.138. The van der Waals surface area contributed by atoms with Gasteiger partial charge in [-0.1, -0.05) is 29.3 Å². The average molecular weight is 485 g/mol. The van der Waals surface area contributed by atoms with Crippen molar-refractivity contribution in [3.8, 4) is 5.75 Å². The second-order valence-electron chi connectivity index (χ2n) is 7.59. The van der Waals surface area contributed by atoms with E-state index in [1.54, 1.807) is 18.2 Å². The van der Waals surface area contributed by atoms with Crippen LogP contribution in [-0.4, -0.2) is 39.1 Å². The van der Waals surface area contributed by atoms with Crippen LogP contribution in [0.1, 0.15) is 24.8 Å². The maximum atomic E-state index is 12.6. The number of hydrogen-bond acceptors (Lipinski definition) is 5. The van der Waals surface area contributed by atoms with Crippen molar-refractivity contribution in [2.45, 2.75) is 36.1 Å². The second kappa shape index (κ2) is 9.06. The van der Waals surface area contributed by atoms with Gasteiger partial charge in [-0.25, -0.2) is 8.42 Å².